The van der Waals surface area contributed by atoms with Crippen molar-refractivity contribution in [2.24, 2.45) is 0 Å². The molecule has 0 aliphatic carbocycles. The van der Waals surface area contributed by atoms with Crippen molar-refractivity contribution in [3.63, 3.8) is 0 Å². The summed E-state index contributed by atoms with van der Waals surface area (Å²) < 4.78 is 22.5. The Hall–Kier alpha value is -1.20. The largest absolute Gasteiger partial charge is 0.240 e. The lowest BCUT2D eigenvalue weighted by atomic mass is 10.0. The molecular weight excluding hydrogens is 278 g/mol. The standard InChI is InChI=1S/C14H17NO2S2/c1-10(2)11-4-6-12(7-5-11)14-15-13(8-18-14)9-19(3,16)17/h4-8,10H,9H2,1-3H3. The first-order valence-corrected chi connectivity index (χ1v) is 9.01. The molecule has 0 spiro atoms. The zero-order valence-corrected chi connectivity index (χ0v) is 12.9. The molecule has 0 saturated carbocycles. The molecule has 0 radical (unpaired) electrons. The van der Waals surface area contributed by atoms with Gasteiger partial charge in [-0.3, -0.25) is 0 Å². The molecule has 1 aromatic carbocycles. The Balaban J connectivity index is 2.23. The average Bonchev–Trinajstić information content (AvgIpc) is 2.75. The Morgan fingerprint density at radius 3 is 2.37 bits per heavy atom. The zero-order valence-electron chi connectivity index (χ0n) is 11.3. The monoisotopic (exact) mass is 295 g/mol. The van der Waals surface area contributed by atoms with Crippen molar-refractivity contribution < 1.29 is 8.42 Å². The van der Waals surface area contributed by atoms with Crippen LogP contribution in [-0.4, -0.2) is 19.7 Å². The van der Waals surface area contributed by atoms with E-state index in [0.29, 0.717) is 11.6 Å². The van der Waals surface area contributed by atoms with E-state index in [2.05, 4.69) is 31.0 Å². The summed E-state index contributed by atoms with van der Waals surface area (Å²) in [6, 6.07) is 8.27. The minimum atomic E-state index is -3.02. The van der Waals surface area contributed by atoms with Crippen LogP contribution in [-0.2, 0) is 15.6 Å². The van der Waals surface area contributed by atoms with Crippen molar-refractivity contribution in [2.45, 2.75) is 25.5 Å². The summed E-state index contributed by atoms with van der Waals surface area (Å²) in [7, 11) is -3.02. The van der Waals surface area contributed by atoms with Crippen molar-refractivity contribution in [1.29, 1.82) is 0 Å². The van der Waals surface area contributed by atoms with Crippen LogP contribution < -0.4 is 0 Å². The Kier molecular flexibility index (Phi) is 4.06. The highest BCUT2D eigenvalue weighted by molar-refractivity contribution is 7.89. The number of rotatable bonds is 4. The molecule has 1 heterocycles. The fraction of sp³-hybridized carbons (Fsp3) is 0.357. The van der Waals surface area contributed by atoms with Crippen molar-refractivity contribution >= 4 is 21.2 Å². The highest BCUT2D eigenvalue weighted by Gasteiger charge is 2.10. The predicted octanol–water partition coefficient (Wildman–Crippen LogP) is 3.48. The molecule has 0 fully saturated rings. The van der Waals surface area contributed by atoms with E-state index in [1.54, 1.807) is 0 Å². The SMILES string of the molecule is CC(C)c1ccc(-c2nc(CS(C)(=O)=O)cs2)cc1. The van der Waals surface area contributed by atoms with Gasteiger partial charge in [0.1, 0.15) is 5.01 Å². The van der Waals surface area contributed by atoms with E-state index < -0.39 is 9.84 Å². The summed E-state index contributed by atoms with van der Waals surface area (Å²) >= 11 is 1.48. The van der Waals surface area contributed by atoms with E-state index in [1.807, 2.05) is 17.5 Å². The van der Waals surface area contributed by atoms with Gasteiger partial charge in [-0.05, 0) is 11.5 Å². The highest BCUT2D eigenvalue weighted by Crippen LogP contribution is 2.26. The van der Waals surface area contributed by atoms with Crippen molar-refractivity contribution in [3.8, 4) is 10.6 Å². The Labute approximate surface area is 118 Å². The lowest BCUT2D eigenvalue weighted by Gasteiger charge is -2.05. The third-order valence-corrected chi connectivity index (χ3v) is 4.55. The fourth-order valence-electron chi connectivity index (χ4n) is 1.79. The minimum absolute atomic E-state index is 0.00752. The molecule has 0 atom stereocenters. The van der Waals surface area contributed by atoms with E-state index in [9.17, 15) is 8.42 Å². The lowest BCUT2D eigenvalue weighted by Crippen LogP contribution is -2.00. The van der Waals surface area contributed by atoms with E-state index in [1.165, 1.54) is 23.2 Å². The first-order chi connectivity index (χ1) is 8.85. The predicted molar refractivity (Wildman–Crippen MR) is 80.2 cm³/mol. The summed E-state index contributed by atoms with van der Waals surface area (Å²) in [5.74, 6) is 0.513. The molecule has 0 saturated heterocycles. The number of sulfone groups is 1. The molecule has 19 heavy (non-hydrogen) atoms. The Bertz CT molecular complexity index is 655. The molecule has 5 heteroatoms. The second kappa shape index (κ2) is 5.43. The number of aromatic nitrogens is 1. The molecule has 2 aromatic rings. The van der Waals surface area contributed by atoms with Crippen LogP contribution in [0.25, 0.3) is 10.6 Å². The van der Waals surface area contributed by atoms with Gasteiger partial charge in [-0.2, -0.15) is 0 Å². The highest BCUT2D eigenvalue weighted by atomic mass is 32.2. The van der Waals surface area contributed by atoms with E-state index in [-0.39, 0.29) is 5.75 Å². The number of benzene rings is 1. The maximum atomic E-state index is 11.2. The van der Waals surface area contributed by atoms with Gasteiger partial charge in [0.05, 0.1) is 11.4 Å². The van der Waals surface area contributed by atoms with Crippen LogP contribution in [0, 0.1) is 0 Å². The molecule has 1 aromatic heterocycles. The second-order valence-corrected chi connectivity index (χ2v) is 7.99. The average molecular weight is 295 g/mol. The van der Waals surface area contributed by atoms with Gasteiger partial charge in [-0.1, -0.05) is 38.1 Å². The van der Waals surface area contributed by atoms with Crippen LogP contribution in [0.3, 0.4) is 0 Å². The summed E-state index contributed by atoms with van der Waals surface area (Å²) in [5, 5.41) is 2.68. The van der Waals surface area contributed by atoms with Gasteiger partial charge < -0.3 is 0 Å². The summed E-state index contributed by atoms with van der Waals surface area (Å²) in [6.07, 6.45) is 1.23. The number of hydrogen-bond acceptors (Lipinski definition) is 4. The first-order valence-electron chi connectivity index (χ1n) is 6.07. The summed E-state index contributed by atoms with van der Waals surface area (Å²) in [6.45, 7) is 4.31. The Morgan fingerprint density at radius 1 is 1.21 bits per heavy atom. The van der Waals surface area contributed by atoms with Crippen LogP contribution in [0.5, 0.6) is 0 Å². The molecular formula is C14H17NO2S2. The van der Waals surface area contributed by atoms with Crippen molar-refractivity contribution in [3.05, 3.63) is 40.9 Å². The Morgan fingerprint density at radius 2 is 1.84 bits per heavy atom. The maximum Gasteiger partial charge on any atom is 0.153 e. The van der Waals surface area contributed by atoms with Gasteiger partial charge in [0.25, 0.3) is 0 Å². The van der Waals surface area contributed by atoms with E-state index in [4.69, 9.17) is 0 Å². The lowest BCUT2D eigenvalue weighted by molar-refractivity contribution is 0.600. The van der Waals surface area contributed by atoms with E-state index >= 15 is 0 Å². The molecule has 0 aliphatic rings. The molecule has 0 bridgehead atoms. The van der Waals surface area contributed by atoms with Gasteiger partial charge in [0.15, 0.2) is 9.84 Å². The maximum absolute atomic E-state index is 11.2. The quantitative estimate of drug-likeness (QED) is 0.867. The molecule has 2 rings (SSSR count). The van der Waals surface area contributed by atoms with Crippen LogP contribution in [0.15, 0.2) is 29.6 Å². The van der Waals surface area contributed by atoms with E-state index in [0.717, 1.165) is 10.6 Å². The topological polar surface area (TPSA) is 47.0 Å². The molecule has 3 nitrogen and oxygen atoms in total. The van der Waals surface area contributed by atoms with Crippen LogP contribution >= 0.6 is 11.3 Å². The minimum Gasteiger partial charge on any atom is -0.240 e. The molecule has 0 amide bonds. The summed E-state index contributed by atoms with van der Waals surface area (Å²) in [4.78, 5) is 4.38. The molecule has 102 valence electrons. The van der Waals surface area contributed by atoms with Gasteiger partial charge in [-0.25, -0.2) is 13.4 Å². The van der Waals surface area contributed by atoms with Crippen LogP contribution in [0.4, 0.5) is 0 Å². The first kappa shape index (κ1) is 14.2. The second-order valence-electron chi connectivity index (χ2n) is 4.99. The zero-order chi connectivity index (χ0) is 14.0. The number of nitrogens with zero attached hydrogens (tertiary/aromatic N) is 1. The third-order valence-electron chi connectivity index (χ3n) is 2.79. The van der Waals surface area contributed by atoms with Crippen molar-refractivity contribution in [1.82, 2.24) is 4.98 Å². The normalized spacial score (nSPS) is 12.0. The molecule has 0 N–H and O–H groups in total. The molecule has 0 aliphatic heterocycles. The van der Waals surface area contributed by atoms with Crippen LogP contribution in [0.1, 0.15) is 31.0 Å². The van der Waals surface area contributed by atoms with Gasteiger partial charge in [0.2, 0.25) is 0 Å². The third kappa shape index (κ3) is 3.88. The van der Waals surface area contributed by atoms with Crippen molar-refractivity contribution in [2.75, 3.05) is 6.26 Å². The summed E-state index contributed by atoms with van der Waals surface area (Å²) in [5.41, 5.74) is 2.95. The van der Waals surface area contributed by atoms with Gasteiger partial charge >= 0.3 is 0 Å². The molecule has 0 unspecified atom stereocenters. The number of thiazole rings is 1. The fourth-order valence-corrected chi connectivity index (χ4v) is 3.40. The van der Waals surface area contributed by atoms with Crippen LogP contribution in [0.2, 0.25) is 0 Å². The smallest absolute Gasteiger partial charge is 0.153 e. The van der Waals surface area contributed by atoms with Gasteiger partial charge in [0, 0.05) is 17.2 Å². The van der Waals surface area contributed by atoms with Gasteiger partial charge in [-0.15, -0.1) is 11.3 Å². The number of hydrogen-bond donors (Lipinski definition) is 0.